The maximum Gasteiger partial charge on any atom is 0.410 e. The summed E-state index contributed by atoms with van der Waals surface area (Å²) in [6.45, 7) is 9.00. The van der Waals surface area contributed by atoms with Crippen LogP contribution in [0, 0.1) is 22.7 Å². The number of hydrogen-bond donors (Lipinski definition) is 1. The van der Waals surface area contributed by atoms with E-state index in [0.717, 1.165) is 49.9 Å². The van der Waals surface area contributed by atoms with Crippen molar-refractivity contribution in [2.24, 2.45) is 0 Å². The van der Waals surface area contributed by atoms with Crippen molar-refractivity contribution in [2.45, 2.75) is 52.1 Å². The third kappa shape index (κ3) is 7.07. The molecule has 0 aliphatic carbocycles. The summed E-state index contributed by atoms with van der Waals surface area (Å²) in [7, 11) is 0. The molecule has 0 saturated heterocycles. The molecule has 0 bridgehead atoms. The van der Waals surface area contributed by atoms with Crippen LogP contribution in [0.15, 0.2) is 36.4 Å². The highest BCUT2D eigenvalue weighted by Crippen LogP contribution is 2.19. The van der Waals surface area contributed by atoms with Crippen LogP contribution in [0.1, 0.15) is 54.2 Å². The molecule has 172 valence electrons. The van der Waals surface area contributed by atoms with E-state index in [4.69, 9.17) is 15.3 Å². The van der Waals surface area contributed by atoms with E-state index in [0.29, 0.717) is 18.7 Å². The number of ether oxygens (including phenoxy) is 1. The molecule has 6 nitrogen and oxygen atoms in total. The smallest absolute Gasteiger partial charge is 0.410 e. The number of rotatable bonds is 0. The first kappa shape index (κ1) is 24.3. The fourth-order valence-electron chi connectivity index (χ4n) is 4.05. The van der Waals surface area contributed by atoms with Gasteiger partial charge in [0.25, 0.3) is 0 Å². The molecule has 1 N–H and O–H groups in total. The Morgan fingerprint density at radius 1 is 0.848 bits per heavy atom. The number of hydrogen-bond acceptors (Lipinski definition) is 5. The van der Waals surface area contributed by atoms with Crippen LogP contribution < -0.4 is 5.32 Å². The Hall–Kier alpha value is -3.35. The lowest BCUT2D eigenvalue weighted by Crippen LogP contribution is -2.38. The van der Waals surface area contributed by atoms with Gasteiger partial charge in [-0.05, 0) is 106 Å². The van der Waals surface area contributed by atoms with Gasteiger partial charge in [0, 0.05) is 13.1 Å². The molecule has 33 heavy (non-hydrogen) atoms. The van der Waals surface area contributed by atoms with Crippen LogP contribution in [0.2, 0.25) is 0 Å². The Morgan fingerprint density at radius 2 is 1.33 bits per heavy atom. The Kier molecular flexibility index (Phi) is 8.09. The molecule has 1 amide bonds. The predicted molar refractivity (Wildman–Crippen MR) is 128 cm³/mol. The van der Waals surface area contributed by atoms with Crippen LogP contribution in [0.4, 0.5) is 4.79 Å². The average molecular weight is 445 g/mol. The Balaban J connectivity index is 0.000000203. The summed E-state index contributed by atoms with van der Waals surface area (Å²) in [4.78, 5) is 13.8. The van der Waals surface area contributed by atoms with Gasteiger partial charge in [-0.25, -0.2) is 4.79 Å². The number of nitrogens with one attached hydrogen (secondary N) is 1. The molecule has 4 rings (SSSR count). The fraction of sp³-hybridized carbons (Fsp3) is 0.444. The lowest BCUT2D eigenvalue weighted by atomic mass is 10.0. The third-order valence-electron chi connectivity index (χ3n) is 5.77. The average Bonchev–Trinajstić information content (AvgIpc) is 3.15. The summed E-state index contributed by atoms with van der Waals surface area (Å²) < 4.78 is 5.41. The van der Waals surface area contributed by atoms with Gasteiger partial charge in [-0.1, -0.05) is 12.1 Å². The fourth-order valence-corrected chi connectivity index (χ4v) is 4.05. The van der Waals surface area contributed by atoms with Gasteiger partial charge in [0.1, 0.15) is 5.60 Å². The molecule has 0 radical (unpaired) electrons. The molecule has 0 saturated carbocycles. The second kappa shape index (κ2) is 11.0. The molecule has 0 atom stereocenters. The normalized spacial score (nSPS) is 15.2. The van der Waals surface area contributed by atoms with E-state index in [1.807, 2.05) is 51.1 Å². The summed E-state index contributed by atoms with van der Waals surface area (Å²) in [5.74, 6) is 0. The molecule has 0 unspecified atom stereocenters. The summed E-state index contributed by atoms with van der Waals surface area (Å²) in [6.07, 6.45) is 3.45. The van der Waals surface area contributed by atoms with Crippen molar-refractivity contribution in [3.05, 3.63) is 69.8 Å². The van der Waals surface area contributed by atoms with Gasteiger partial charge in [0.05, 0.1) is 23.3 Å². The van der Waals surface area contributed by atoms with Gasteiger partial charge in [0.2, 0.25) is 0 Å². The summed E-state index contributed by atoms with van der Waals surface area (Å²) >= 11 is 0. The standard InChI is InChI=1S/C16H20N2O2.C11H12N2/c1-16(2,3)20-15(19)18-8-6-13-5-4-12(11-17)10-14(13)7-9-18;12-8-9-1-2-10-3-5-13-6-4-11(10)7-9/h4-5,10H,6-9H2,1-3H3;1-2,7,13H,3-6H2. The molecular formula is C27H32N4O2. The first-order valence-corrected chi connectivity index (χ1v) is 11.5. The van der Waals surface area contributed by atoms with Crippen LogP contribution in [-0.4, -0.2) is 42.8 Å². The van der Waals surface area contributed by atoms with Gasteiger partial charge in [-0.15, -0.1) is 0 Å². The molecular weight excluding hydrogens is 412 g/mol. The lowest BCUT2D eigenvalue weighted by Gasteiger charge is -2.26. The highest BCUT2D eigenvalue weighted by Gasteiger charge is 2.24. The zero-order valence-electron chi connectivity index (χ0n) is 19.8. The number of nitriles is 2. The first-order chi connectivity index (χ1) is 15.8. The number of benzene rings is 2. The van der Waals surface area contributed by atoms with E-state index in [1.54, 1.807) is 4.90 Å². The second-order valence-corrected chi connectivity index (χ2v) is 9.41. The topological polar surface area (TPSA) is 89.2 Å². The van der Waals surface area contributed by atoms with E-state index < -0.39 is 5.60 Å². The summed E-state index contributed by atoms with van der Waals surface area (Å²) in [5.41, 5.74) is 6.10. The van der Waals surface area contributed by atoms with Crippen molar-refractivity contribution in [2.75, 3.05) is 26.2 Å². The van der Waals surface area contributed by atoms with Crippen LogP contribution >= 0.6 is 0 Å². The van der Waals surface area contributed by atoms with Crippen LogP contribution in [0.5, 0.6) is 0 Å². The number of amides is 1. The quantitative estimate of drug-likeness (QED) is 0.660. The molecule has 6 heteroatoms. The maximum atomic E-state index is 12.1. The molecule has 2 aliphatic rings. The Morgan fingerprint density at radius 3 is 1.88 bits per heavy atom. The highest BCUT2D eigenvalue weighted by atomic mass is 16.6. The number of nitrogens with zero attached hydrogens (tertiary/aromatic N) is 3. The minimum Gasteiger partial charge on any atom is -0.444 e. The molecule has 2 aromatic carbocycles. The van der Waals surface area contributed by atoms with Crippen molar-refractivity contribution in [1.29, 1.82) is 10.5 Å². The zero-order valence-corrected chi connectivity index (χ0v) is 19.8. The first-order valence-electron chi connectivity index (χ1n) is 11.5. The monoisotopic (exact) mass is 444 g/mol. The molecule has 2 aromatic rings. The van der Waals surface area contributed by atoms with Crippen LogP contribution in [-0.2, 0) is 30.4 Å². The van der Waals surface area contributed by atoms with E-state index in [-0.39, 0.29) is 6.09 Å². The largest absolute Gasteiger partial charge is 0.444 e. The van der Waals surface area contributed by atoms with Crippen molar-refractivity contribution in [3.8, 4) is 12.1 Å². The highest BCUT2D eigenvalue weighted by molar-refractivity contribution is 5.68. The van der Waals surface area contributed by atoms with Crippen molar-refractivity contribution >= 4 is 6.09 Å². The van der Waals surface area contributed by atoms with Crippen molar-refractivity contribution in [3.63, 3.8) is 0 Å². The van der Waals surface area contributed by atoms with E-state index in [1.165, 1.54) is 16.7 Å². The molecule has 2 heterocycles. The Bertz CT molecular complexity index is 1070. The molecule has 0 aromatic heterocycles. The van der Waals surface area contributed by atoms with E-state index in [9.17, 15) is 4.79 Å². The zero-order chi connectivity index (χ0) is 23.8. The number of fused-ring (bicyclic) bond motifs is 2. The van der Waals surface area contributed by atoms with Crippen LogP contribution in [0.3, 0.4) is 0 Å². The minimum atomic E-state index is -0.468. The summed E-state index contributed by atoms with van der Waals surface area (Å²) in [6, 6.07) is 16.1. The third-order valence-corrected chi connectivity index (χ3v) is 5.77. The van der Waals surface area contributed by atoms with Gasteiger partial charge in [-0.3, -0.25) is 0 Å². The van der Waals surface area contributed by atoms with Crippen LogP contribution in [0.25, 0.3) is 0 Å². The van der Waals surface area contributed by atoms with E-state index in [2.05, 4.69) is 23.5 Å². The Labute approximate surface area is 196 Å². The van der Waals surface area contributed by atoms with Gasteiger partial charge in [-0.2, -0.15) is 10.5 Å². The van der Waals surface area contributed by atoms with Gasteiger partial charge >= 0.3 is 6.09 Å². The van der Waals surface area contributed by atoms with Gasteiger partial charge in [0.15, 0.2) is 0 Å². The van der Waals surface area contributed by atoms with Gasteiger partial charge < -0.3 is 15.0 Å². The van der Waals surface area contributed by atoms with Crippen molar-refractivity contribution in [1.82, 2.24) is 10.2 Å². The SMILES string of the molecule is CC(C)(C)OC(=O)N1CCc2ccc(C#N)cc2CC1.N#Cc1ccc2c(c1)CCNCC2. The van der Waals surface area contributed by atoms with Crippen molar-refractivity contribution < 1.29 is 9.53 Å². The summed E-state index contributed by atoms with van der Waals surface area (Å²) in [5, 5.41) is 21.0. The molecule has 0 fully saturated rings. The predicted octanol–water partition coefficient (Wildman–Crippen LogP) is 4.14. The minimum absolute atomic E-state index is 0.259. The lowest BCUT2D eigenvalue weighted by molar-refractivity contribution is 0.0258. The second-order valence-electron chi connectivity index (χ2n) is 9.41. The molecule has 2 aliphatic heterocycles. The number of carbonyl (C=O) groups excluding carboxylic acids is 1. The maximum absolute atomic E-state index is 12.1. The molecule has 0 spiro atoms. The van der Waals surface area contributed by atoms with E-state index >= 15 is 0 Å². The number of carbonyl (C=O) groups is 1.